The van der Waals surface area contributed by atoms with Gasteiger partial charge in [0.15, 0.2) is 5.76 Å². The first-order valence-electron chi connectivity index (χ1n) is 8.71. The Bertz CT molecular complexity index is 871. The van der Waals surface area contributed by atoms with Crippen LogP contribution in [-0.2, 0) is 0 Å². The van der Waals surface area contributed by atoms with E-state index in [4.69, 9.17) is 9.15 Å². The number of likely N-dealkylation sites (tertiary alicyclic amines) is 1. The van der Waals surface area contributed by atoms with Crippen molar-refractivity contribution < 1.29 is 13.9 Å². The van der Waals surface area contributed by atoms with E-state index >= 15 is 0 Å². The third kappa shape index (κ3) is 3.24. The Labute approximate surface area is 156 Å². The van der Waals surface area contributed by atoms with Crippen molar-refractivity contribution in [3.63, 3.8) is 0 Å². The molecule has 3 heterocycles. The molecule has 0 bridgehead atoms. The Morgan fingerprint density at radius 2 is 2.08 bits per heavy atom. The Morgan fingerprint density at radius 1 is 1.23 bits per heavy atom. The number of carbonyl (C=O) groups is 1. The highest BCUT2D eigenvalue weighted by Gasteiger charge is 2.31. The molecule has 5 nitrogen and oxygen atoms in total. The standard InChI is InChI=1S/C20H20N2O3S/c1-24-15-7-5-14(6-8-15)17-9-10-18(25-17)20(23)22-12-3-2-4-16(22)19-21-11-13-26-19/h5-11,13,16H,2-4,12H2,1H3. The molecule has 26 heavy (non-hydrogen) atoms. The van der Waals surface area contributed by atoms with Crippen molar-refractivity contribution in [2.24, 2.45) is 0 Å². The molecule has 1 aliphatic heterocycles. The predicted molar refractivity (Wildman–Crippen MR) is 100 cm³/mol. The van der Waals surface area contributed by atoms with Crippen molar-refractivity contribution in [2.45, 2.75) is 25.3 Å². The molecule has 3 aromatic rings. The lowest BCUT2D eigenvalue weighted by molar-refractivity contribution is 0.0579. The highest BCUT2D eigenvalue weighted by molar-refractivity contribution is 7.09. The molecule has 134 valence electrons. The van der Waals surface area contributed by atoms with Crippen molar-refractivity contribution in [3.8, 4) is 17.1 Å². The Balaban J connectivity index is 1.56. The van der Waals surface area contributed by atoms with Crippen LogP contribution in [0.1, 0.15) is 40.9 Å². The van der Waals surface area contributed by atoms with Crippen molar-refractivity contribution in [2.75, 3.05) is 13.7 Å². The van der Waals surface area contributed by atoms with Crippen LogP contribution in [-0.4, -0.2) is 29.4 Å². The summed E-state index contributed by atoms with van der Waals surface area (Å²) in [7, 11) is 1.64. The number of carbonyl (C=O) groups excluding carboxylic acids is 1. The van der Waals surface area contributed by atoms with Crippen LogP contribution in [0.3, 0.4) is 0 Å². The number of methoxy groups -OCH3 is 1. The number of ether oxygens (including phenoxy) is 1. The Kier molecular flexibility index (Phi) is 4.75. The number of aromatic nitrogens is 1. The van der Waals surface area contributed by atoms with E-state index in [1.165, 1.54) is 0 Å². The first-order valence-corrected chi connectivity index (χ1v) is 9.59. The summed E-state index contributed by atoms with van der Waals surface area (Å²) in [4.78, 5) is 19.4. The average Bonchev–Trinajstić information content (AvgIpc) is 3.40. The highest BCUT2D eigenvalue weighted by Crippen LogP contribution is 2.34. The van der Waals surface area contributed by atoms with Gasteiger partial charge in [-0.2, -0.15) is 0 Å². The summed E-state index contributed by atoms with van der Waals surface area (Å²) in [6.45, 7) is 0.738. The van der Waals surface area contributed by atoms with E-state index < -0.39 is 0 Å². The molecule has 1 amide bonds. The maximum Gasteiger partial charge on any atom is 0.290 e. The van der Waals surface area contributed by atoms with Gasteiger partial charge in [0.2, 0.25) is 0 Å². The van der Waals surface area contributed by atoms with Crippen molar-refractivity contribution in [1.82, 2.24) is 9.88 Å². The SMILES string of the molecule is COc1ccc(-c2ccc(C(=O)N3CCCCC3c3nccs3)o2)cc1. The lowest BCUT2D eigenvalue weighted by Crippen LogP contribution is -2.38. The molecular weight excluding hydrogens is 348 g/mol. The Morgan fingerprint density at radius 3 is 2.81 bits per heavy atom. The molecule has 0 radical (unpaired) electrons. The van der Waals surface area contributed by atoms with Crippen LogP contribution in [0.15, 0.2) is 52.4 Å². The van der Waals surface area contributed by atoms with E-state index in [0.29, 0.717) is 11.5 Å². The van der Waals surface area contributed by atoms with E-state index in [1.807, 2.05) is 40.6 Å². The number of nitrogens with zero attached hydrogens (tertiary/aromatic N) is 2. The molecule has 1 fully saturated rings. The lowest BCUT2D eigenvalue weighted by atomic mass is 10.0. The summed E-state index contributed by atoms with van der Waals surface area (Å²) in [6, 6.07) is 11.2. The largest absolute Gasteiger partial charge is 0.497 e. The molecule has 1 saturated heterocycles. The zero-order valence-corrected chi connectivity index (χ0v) is 15.4. The topological polar surface area (TPSA) is 55.6 Å². The van der Waals surface area contributed by atoms with Crippen LogP contribution in [0.5, 0.6) is 5.75 Å². The minimum atomic E-state index is -0.0651. The second-order valence-electron chi connectivity index (χ2n) is 6.27. The van der Waals surface area contributed by atoms with Gasteiger partial charge in [-0.3, -0.25) is 4.79 Å². The van der Waals surface area contributed by atoms with Gasteiger partial charge in [-0.15, -0.1) is 11.3 Å². The molecule has 1 aliphatic rings. The van der Waals surface area contributed by atoms with E-state index in [0.717, 1.165) is 42.1 Å². The third-order valence-corrected chi connectivity index (χ3v) is 5.57. The first kappa shape index (κ1) is 16.8. The van der Waals surface area contributed by atoms with Gasteiger partial charge in [0.1, 0.15) is 16.5 Å². The van der Waals surface area contributed by atoms with Gasteiger partial charge in [0.05, 0.1) is 13.2 Å². The Hall–Kier alpha value is -2.60. The number of hydrogen-bond donors (Lipinski definition) is 0. The summed E-state index contributed by atoms with van der Waals surface area (Å²) in [5, 5.41) is 2.96. The van der Waals surface area contributed by atoms with Gasteiger partial charge < -0.3 is 14.1 Å². The highest BCUT2D eigenvalue weighted by atomic mass is 32.1. The van der Waals surface area contributed by atoms with E-state index in [2.05, 4.69) is 4.98 Å². The van der Waals surface area contributed by atoms with Gasteiger partial charge in [-0.05, 0) is 55.7 Å². The zero-order chi connectivity index (χ0) is 17.9. The summed E-state index contributed by atoms with van der Waals surface area (Å²) >= 11 is 1.60. The lowest BCUT2D eigenvalue weighted by Gasteiger charge is -2.33. The maximum absolute atomic E-state index is 13.0. The minimum Gasteiger partial charge on any atom is -0.497 e. The number of amides is 1. The molecule has 0 aliphatic carbocycles. The van der Waals surface area contributed by atoms with Crippen LogP contribution < -0.4 is 4.74 Å². The number of furan rings is 1. The summed E-state index contributed by atoms with van der Waals surface area (Å²) < 4.78 is 11.1. The second-order valence-corrected chi connectivity index (χ2v) is 7.20. The molecule has 1 atom stereocenters. The van der Waals surface area contributed by atoms with Crippen LogP contribution >= 0.6 is 11.3 Å². The molecule has 0 N–H and O–H groups in total. The van der Waals surface area contributed by atoms with Crippen LogP contribution in [0.25, 0.3) is 11.3 Å². The average molecular weight is 368 g/mol. The molecule has 6 heteroatoms. The fourth-order valence-corrected chi connectivity index (χ4v) is 4.12. The summed E-state index contributed by atoms with van der Waals surface area (Å²) in [6.07, 6.45) is 4.88. The fraction of sp³-hybridized carbons (Fsp3) is 0.300. The molecule has 1 unspecified atom stereocenters. The van der Waals surface area contributed by atoms with Crippen LogP contribution in [0.4, 0.5) is 0 Å². The van der Waals surface area contributed by atoms with E-state index in [-0.39, 0.29) is 11.9 Å². The van der Waals surface area contributed by atoms with Crippen LogP contribution in [0.2, 0.25) is 0 Å². The minimum absolute atomic E-state index is 0.0470. The normalized spacial score (nSPS) is 17.3. The molecule has 0 spiro atoms. The zero-order valence-electron chi connectivity index (χ0n) is 14.6. The second kappa shape index (κ2) is 7.33. The van der Waals surface area contributed by atoms with E-state index in [1.54, 1.807) is 30.7 Å². The van der Waals surface area contributed by atoms with Gasteiger partial charge in [0.25, 0.3) is 5.91 Å². The molecule has 4 rings (SSSR count). The smallest absolute Gasteiger partial charge is 0.290 e. The van der Waals surface area contributed by atoms with Gasteiger partial charge in [0, 0.05) is 23.7 Å². The number of hydrogen-bond acceptors (Lipinski definition) is 5. The van der Waals surface area contributed by atoms with Gasteiger partial charge in [-0.1, -0.05) is 0 Å². The first-order chi connectivity index (χ1) is 12.8. The quantitative estimate of drug-likeness (QED) is 0.665. The number of rotatable bonds is 4. The van der Waals surface area contributed by atoms with Crippen molar-refractivity contribution in [3.05, 3.63) is 58.7 Å². The number of thiazole rings is 1. The molecule has 0 saturated carbocycles. The molecular formula is C20H20N2O3S. The fourth-order valence-electron chi connectivity index (χ4n) is 3.34. The van der Waals surface area contributed by atoms with Gasteiger partial charge in [-0.25, -0.2) is 4.98 Å². The van der Waals surface area contributed by atoms with Gasteiger partial charge >= 0.3 is 0 Å². The molecule has 1 aromatic carbocycles. The van der Waals surface area contributed by atoms with Crippen LogP contribution in [0, 0.1) is 0 Å². The molecule has 2 aromatic heterocycles. The van der Waals surface area contributed by atoms with Crippen molar-refractivity contribution >= 4 is 17.2 Å². The maximum atomic E-state index is 13.0. The number of benzene rings is 1. The van der Waals surface area contributed by atoms with E-state index in [9.17, 15) is 4.79 Å². The summed E-state index contributed by atoms with van der Waals surface area (Å²) in [5.74, 6) is 1.78. The predicted octanol–water partition coefficient (Wildman–Crippen LogP) is 4.78. The number of piperidine rings is 1. The summed E-state index contributed by atoms with van der Waals surface area (Å²) in [5.41, 5.74) is 0.917. The van der Waals surface area contributed by atoms with Crippen molar-refractivity contribution in [1.29, 1.82) is 0 Å². The third-order valence-electron chi connectivity index (χ3n) is 4.69. The monoisotopic (exact) mass is 368 g/mol.